The minimum absolute atomic E-state index is 0.293. The quantitative estimate of drug-likeness (QED) is 0.938. The van der Waals surface area contributed by atoms with Crippen molar-refractivity contribution in [2.45, 2.75) is 19.4 Å². The number of hydrogen-bond donors (Lipinski definition) is 1. The van der Waals surface area contributed by atoms with Gasteiger partial charge in [0.1, 0.15) is 5.75 Å². The molecule has 1 N–H and O–H groups in total. The Kier molecular flexibility index (Phi) is 4.51. The number of amides is 1. The van der Waals surface area contributed by atoms with Gasteiger partial charge in [-0.3, -0.25) is 4.79 Å². The zero-order valence-corrected chi connectivity index (χ0v) is 13.4. The molecular weight excluding hydrogens is 306 g/mol. The monoisotopic (exact) mass is 325 g/mol. The Morgan fingerprint density at radius 1 is 1.21 bits per heavy atom. The van der Waals surface area contributed by atoms with E-state index in [1.807, 2.05) is 19.1 Å². The predicted molar refractivity (Wildman–Crippen MR) is 89.2 cm³/mol. The first-order valence-corrected chi connectivity index (χ1v) is 7.96. The van der Waals surface area contributed by atoms with Crippen molar-refractivity contribution >= 4 is 11.9 Å². The summed E-state index contributed by atoms with van der Waals surface area (Å²) in [5.74, 6) is -0.706. The summed E-state index contributed by atoms with van der Waals surface area (Å²) >= 11 is 0. The summed E-state index contributed by atoms with van der Waals surface area (Å²) in [6.45, 7) is 2.76. The summed E-state index contributed by atoms with van der Waals surface area (Å²) in [6, 6.07) is 13.3. The van der Waals surface area contributed by atoms with Crippen LogP contribution in [0.5, 0.6) is 5.75 Å². The number of rotatable bonds is 4. The molecule has 1 atom stereocenters. The van der Waals surface area contributed by atoms with Crippen molar-refractivity contribution in [2.75, 3.05) is 13.2 Å². The first-order chi connectivity index (χ1) is 11.6. The number of hydrogen-bond acceptors (Lipinski definition) is 3. The van der Waals surface area contributed by atoms with Crippen LogP contribution < -0.4 is 4.74 Å². The lowest BCUT2D eigenvalue weighted by Gasteiger charge is -2.34. The molecule has 0 aromatic heterocycles. The average molecular weight is 325 g/mol. The highest BCUT2D eigenvalue weighted by Crippen LogP contribution is 2.31. The zero-order valence-electron chi connectivity index (χ0n) is 13.4. The fraction of sp³-hybridized carbons (Fsp3) is 0.263. The van der Waals surface area contributed by atoms with Crippen molar-refractivity contribution < 1.29 is 19.4 Å². The molecule has 1 unspecified atom stereocenters. The minimum Gasteiger partial charge on any atom is -0.494 e. The van der Waals surface area contributed by atoms with Crippen molar-refractivity contribution in [1.82, 2.24) is 4.90 Å². The maximum atomic E-state index is 12.9. The van der Waals surface area contributed by atoms with Crippen LogP contribution >= 0.6 is 0 Å². The molecule has 1 aliphatic rings. The molecule has 2 aromatic rings. The van der Waals surface area contributed by atoms with Gasteiger partial charge in [-0.15, -0.1) is 0 Å². The molecule has 124 valence electrons. The van der Waals surface area contributed by atoms with Gasteiger partial charge in [0.2, 0.25) is 0 Å². The number of carbonyl (C=O) groups excluding carboxylic acids is 1. The van der Waals surface area contributed by atoms with E-state index in [9.17, 15) is 14.7 Å². The van der Waals surface area contributed by atoms with Gasteiger partial charge in [0.05, 0.1) is 6.61 Å². The van der Waals surface area contributed by atoms with Gasteiger partial charge >= 0.3 is 5.97 Å². The van der Waals surface area contributed by atoms with Gasteiger partial charge in [-0.1, -0.05) is 30.3 Å². The highest BCUT2D eigenvalue weighted by Gasteiger charge is 2.36. The van der Waals surface area contributed by atoms with Gasteiger partial charge in [0.25, 0.3) is 5.91 Å². The molecule has 0 saturated heterocycles. The van der Waals surface area contributed by atoms with E-state index in [0.717, 1.165) is 5.56 Å². The van der Waals surface area contributed by atoms with Crippen LogP contribution in [0, 0.1) is 0 Å². The van der Waals surface area contributed by atoms with Crippen molar-refractivity contribution in [2.24, 2.45) is 0 Å². The van der Waals surface area contributed by atoms with Crippen LogP contribution in [0.1, 0.15) is 34.5 Å². The maximum Gasteiger partial charge on any atom is 0.331 e. The van der Waals surface area contributed by atoms with Crippen molar-refractivity contribution in [1.29, 1.82) is 0 Å². The molecule has 1 aliphatic heterocycles. The van der Waals surface area contributed by atoms with E-state index in [2.05, 4.69) is 0 Å². The molecule has 1 amide bonds. The summed E-state index contributed by atoms with van der Waals surface area (Å²) < 4.78 is 5.43. The van der Waals surface area contributed by atoms with Crippen molar-refractivity contribution in [3.63, 3.8) is 0 Å². The molecule has 5 heteroatoms. The Morgan fingerprint density at radius 3 is 2.75 bits per heavy atom. The number of ether oxygens (including phenoxy) is 1. The maximum absolute atomic E-state index is 12.9. The van der Waals surface area contributed by atoms with Gasteiger partial charge < -0.3 is 14.7 Å². The number of carboxylic acid groups (broad SMARTS) is 1. The van der Waals surface area contributed by atoms with E-state index in [4.69, 9.17) is 4.74 Å². The largest absolute Gasteiger partial charge is 0.494 e. The first-order valence-electron chi connectivity index (χ1n) is 7.96. The summed E-state index contributed by atoms with van der Waals surface area (Å²) in [7, 11) is 0. The fourth-order valence-corrected chi connectivity index (χ4v) is 3.10. The molecule has 3 rings (SSSR count). The number of fused-ring (bicyclic) bond motifs is 1. The topological polar surface area (TPSA) is 66.8 Å². The normalized spacial score (nSPS) is 16.4. The van der Waals surface area contributed by atoms with Gasteiger partial charge in [0.15, 0.2) is 6.04 Å². The summed E-state index contributed by atoms with van der Waals surface area (Å²) in [6.07, 6.45) is 0.650. The molecule has 2 aromatic carbocycles. The van der Waals surface area contributed by atoms with E-state index < -0.39 is 12.0 Å². The second kappa shape index (κ2) is 6.74. The third-order valence-electron chi connectivity index (χ3n) is 4.17. The molecule has 0 bridgehead atoms. The zero-order chi connectivity index (χ0) is 17.1. The van der Waals surface area contributed by atoms with Crippen LogP contribution in [0.3, 0.4) is 0 Å². The molecule has 0 aliphatic carbocycles. The Bertz CT molecular complexity index is 771. The Hall–Kier alpha value is -2.82. The second-order valence-electron chi connectivity index (χ2n) is 5.65. The predicted octanol–water partition coefficient (Wildman–Crippen LogP) is 2.91. The second-order valence-corrected chi connectivity index (χ2v) is 5.65. The van der Waals surface area contributed by atoms with Crippen LogP contribution in [-0.4, -0.2) is 35.0 Å². The van der Waals surface area contributed by atoms with E-state index >= 15 is 0 Å². The van der Waals surface area contributed by atoms with Crippen molar-refractivity contribution in [3.05, 3.63) is 65.2 Å². The van der Waals surface area contributed by atoms with Crippen LogP contribution in [0.2, 0.25) is 0 Å². The van der Waals surface area contributed by atoms with Crippen molar-refractivity contribution in [3.8, 4) is 5.75 Å². The average Bonchev–Trinajstić information content (AvgIpc) is 2.60. The highest BCUT2D eigenvalue weighted by molar-refractivity contribution is 5.97. The van der Waals surface area contributed by atoms with Gasteiger partial charge in [-0.2, -0.15) is 0 Å². The minimum atomic E-state index is -1.02. The smallest absolute Gasteiger partial charge is 0.331 e. The number of aliphatic carboxylic acids is 1. The van der Waals surface area contributed by atoms with Gasteiger partial charge in [-0.05, 0) is 42.7 Å². The molecule has 1 heterocycles. The molecule has 0 fully saturated rings. The third-order valence-corrected chi connectivity index (χ3v) is 4.17. The lowest BCUT2D eigenvalue weighted by molar-refractivity contribution is -0.143. The lowest BCUT2D eigenvalue weighted by atomic mass is 9.92. The Labute approximate surface area is 140 Å². The lowest BCUT2D eigenvalue weighted by Crippen LogP contribution is -2.43. The molecular formula is C19H19NO4. The summed E-state index contributed by atoms with van der Waals surface area (Å²) in [4.78, 5) is 26.1. The Morgan fingerprint density at radius 2 is 2.00 bits per heavy atom. The third kappa shape index (κ3) is 2.97. The number of carboxylic acids is 1. The molecule has 0 radical (unpaired) electrons. The van der Waals surface area contributed by atoms with E-state index in [1.54, 1.807) is 36.4 Å². The van der Waals surface area contributed by atoms with Gasteiger partial charge in [0, 0.05) is 12.1 Å². The summed E-state index contributed by atoms with van der Waals surface area (Å²) in [5.41, 5.74) is 2.11. The number of carbonyl (C=O) groups is 2. The van der Waals surface area contributed by atoms with Crippen LogP contribution in [0.25, 0.3) is 0 Å². The highest BCUT2D eigenvalue weighted by atomic mass is 16.5. The number of nitrogens with zero attached hydrogens (tertiary/aromatic N) is 1. The summed E-state index contributed by atoms with van der Waals surface area (Å²) in [5, 5.41) is 9.67. The fourth-order valence-electron chi connectivity index (χ4n) is 3.10. The molecule has 0 saturated carbocycles. The standard InChI is InChI=1S/C19H19NO4/c1-2-24-15-8-5-7-14(12-15)18(21)20-11-10-13-6-3-4-9-16(13)17(20)19(22)23/h3-9,12,17H,2,10-11H2,1H3,(H,22,23). The van der Waals surface area contributed by atoms with Crippen LogP contribution in [0.15, 0.2) is 48.5 Å². The number of benzene rings is 2. The molecule has 0 spiro atoms. The van der Waals surface area contributed by atoms with Crippen LogP contribution in [0.4, 0.5) is 0 Å². The SMILES string of the molecule is CCOc1cccc(C(=O)N2CCc3ccccc3C2C(=O)O)c1. The molecule has 5 nitrogen and oxygen atoms in total. The van der Waals surface area contributed by atoms with Crippen LogP contribution in [-0.2, 0) is 11.2 Å². The Balaban J connectivity index is 1.95. The van der Waals surface area contributed by atoms with Gasteiger partial charge in [-0.25, -0.2) is 4.79 Å². The van der Waals surface area contributed by atoms with E-state index in [0.29, 0.717) is 36.4 Å². The van der Waals surface area contributed by atoms with E-state index in [1.165, 1.54) is 4.90 Å². The molecule has 24 heavy (non-hydrogen) atoms. The first kappa shape index (κ1) is 16.1. The van der Waals surface area contributed by atoms with E-state index in [-0.39, 0.29) is 5.91 Å².